The summed E-state index contributed by atoms with van der Waals surface area (Å²) in [5.74, 6) is 0.144. The van der Waals surface area contributed by atoms with Crippen LogP contribution < -0.4 is 14.9 Å². The van der Waals surface area contributed by atoms with E-state index in [1.807, 2.05) is 6.92 Å². The van der Waals surface area contributed by atoms with Crippen LogP contribution in [0.25, 0.3) is 0 Å². The van der Waals surface area contributed by atoms with E-state index in [4.69, 9.17) is 21.1 Å². The van der Waals surface area contributed by atoms with Crippen LogP contribution in [0.4, 0.5) is 4.39 Å². The number of benzene rings is 3. The zero-order chi connectivity index (χ0) is 22.4. The second kappa shape index (κ2) is 10.4. The van der Waals surface area contributed by atoms with Crippen LogP contribution >= 0.6 is 27.5 Å². The molecule has 3 aromatic carbocycles. The molecule has 0 aliphatic heterocycles. The van der Waals surface area contributed by atoms with Crippen molar-refractivity contribution in [1.29, 1.82) is 0 Å². The number of methoxy groups -OCH3 is 1. The van der Waals surface area contributed by atoms with Gasteiger partial charge in [-0.25, -0.2) is 9.82 Å². The van der Waals surface area contributed by atoms with Gasteiger partial charge in [0.2, 0.25) is 0 Å². The summed E-state index contributed by atoms with van der Waals surface area (Å²) in [5.41, 5.74) is 4.84. The average Bonchev–Trinajstić information content (AvgIpc) is 2.75. The number of carbonyl (C=O) groups is 1. The molecule has 0 radical (unpaired) electrons. The largest absolute Gasteiger partial charge is 0.493 e. The van der Waals surface area contributed by atoms with Crippen molar-refractivity contribution >= 4 is 39.7 Å². The van der Waals surface area contributed by atoms with Crippen LogP contribution in [-0.2, 0) is 6.61 Å². The SMILES string of the molecule is COc1cc(/C=N\NC(=O)c2ccc(C)c(Cl)c2)cc(Br)c1OCc1ccccc1F. The van der Waals surface area contributed by atoms with Crippen LogP contribution in [0.15, 0.2) is 64.2 Å². The topological polar surface area (TPSA) is 59.9 Å². The molecular weight excluding hydrogens is 487 g/mol. The van der Waals surface area contributed by atoms with Gasteiger partial charge in [-0.1, -0.05) is 35.9 Å². The number of ether oxygens (including phenoxy) is 2. The number of hydrazone groups is 1. The molecule has 0 heterocycles. The molecule has 0 bridgehead atoms. The zero-order valence-corrected chi connectivity index (χ0v) is 19.1. The normalized spacial score (nSPS) is 10.9. The molecule has 0 aromatic heterocycles. The maximum Gasteiger partial charge on any atom is 0.271 e. The molecule has 160 valence electrons. The Bertz CT molecular complexity index is 1140. The molecule has 0 aliphatic rings. The minimum atomic E-state index is -0.381. The summed E-state index contributed by atoms with van der Waals surface area (Å²) in [6, 6.07) is 14.9. The number of halogens is 3. The molecule has 0 atom stereocenters. The van der Waals surface area contributed by atoms with Gasteiger partial charge in [-0.05, 0) is 64.3 Å². The monoisotopic (exact) mass is 504 g/mol. The van der Waals surface area contributed by atoms with E-state index in [1.54, 1.807) is 48.5 Å². The fourth-order valence-electron chi connectivity index (χ4n) is 2.68. The number of aryl methyl sites for hydroxylation is 1. The Kier molecular flexibility index (Phi) is 7.65. The predicted molar refractivity (Wildman–Crippen MR) is 123 cm³/mol. The Morgan fingerprint density at radius 3 is 2.71 bits per heavy atom. The van der Waals surface area contributed by atoms with Gasteiger partial charge in [-0.2, -0.15) is 5.10 Å². The minimum absolute atomic E-state index is 0.0459. The highest BCUT2D eigenvalue weighted by Crippen LogP contribution is 2.37. The van der Waals surface area contributed by atoms with Crippen molar-refractivity contribution < 1.29 is 18.7 Å². The van der Waals surface area contributed by atoms with Crippen LogP contribution in [0.3, 0.4) is 0 Å². The smallest absolute Gasteiger partial charge is 0.271 e. The van der Waals surface area contributed by atoms with E-state index >= 15 is 0 Å². The highest BCUT2D eigenvalue weighted by molar-refractivity contribution is 9.10. The van der Waals surface area contributed by atoms with Crippen LogP contribution in [0.2, 0.25) is 5.02 Å². The first-order valence-electron chi connectivity index (χ1n) is 9.22. The molecule has 0 saturated carbocycles. The van der Waals surface area contributed by atoms with Gasteiger partial charge in [0, 0.05) is 16.1 Å². The van der Waals surface area contributed by atoms with Gasteiger partial charge in [0.25, 0.3) is 5.91 Å². The average molecular weight is 506 g/mol. The van der Waals surface area contributed by atoms with E-state index < -0.39 is 0 Å². The second-order valence-electron chi connectivity index (χ2n) is 6.58. The summed E-state index contributed by atoms with van der Waals surface area (Å²) in [6.45, 7) is 1.90. The van der Waals surface area contributed by atoms with E-state index in [-0.39, 0.29) is 18.3 Å². The van der Waals surface area contributed by atoms with Crippen molar-refractivity contribution in [1.82, 2.24) is 5.43 Å². The summed E-state index contributed by atoms with van der Waals surface area (Å²) < 4.78 is 25.6. The number of hydrogen-bond acceptors (Lipinski definition) is 4. The van der Waals surface area contributed by atoms with Gasteiger partial charge < -0.3 is 9.47 Å². The van der Waals surface area contributed by atoms with E-state index in [0.717, 1.165) is 5.56 Å². The first-order chi connectivity index (χ1) is 14.9. The Hall–Kier alpha value is -2.90. The zero-order valence-electron chi connectivity index (χ0n) is 16.8. The van der Waals surface area contributed by atoms with Crippen LogP contribution in [0.5, 0.6) is 11.5 Å². The molecule has 0 spiro atoms. The lowest BCUT2D eigenvalue weighted by Crippen LogP contribution is -2.17. The number of rotatable bonds is 7. The Labute approximate surface area is 193 Å². The lowest BCUT2D eigenvalue weighted by atomic mass is 10.1. The van der Waals surface area contributed by atoms with Crippen molar-refractivity contribution in [3.8, 4) is 11.5 Å². The number of nitrogens with zero attached hydrogens (tertiary/aromatic N) is 1. The molecule has 3 rings (SSSR count). The highest BCUT2D eigenvalue weighted by atomic mass is 79.9. The van der Waals surface area contributed by atoms with Crippen LogP contribution in [0, 0.1) is 12.7 Å². The van der Waals surface area contributed by atoms with Crippen molar-refractivity contribution in [3.05, 3.63) is 92.2 Å². The number of nitrogens with one attached hydrogen (secondary N) is 1. The lowest BCUT2D eigenvalue weighted by molar-refractivity contribution is 0.0955. The fourth-order valence-corrected chi connectivity index (χ4v) is 3.44. The molecule has 5 nitrogen and oxygen atoms in total. The first-order valence-corrected chi connectivity index (χ1v) is 10.4. The van der Waals surface area contributed by atoms with Crippen molar-refractivity contribution in [2.75, 3.05) is 7.11 Å². The summed E-state index contributed by atoms with van der Waals surface area (Å²) in [5, 5.41) is 4.50. The Morgan fingerprint density at radius 1 is 1.23 bits per heavy atom. The molecule has 0 unspecified atom stereocenters. The molecule has 0 fully saturated rings. The van der Waals surface area contributed by atoms with Crippen molar-refractivity contribution in [3.63, 3.8) is 0 Å². The third-order valence-corrected chi connectivity index (χ3v) is 5.39. The van der Waals surface area contributed by atoms with Gasteiger partial charge in [0.05, 0.1) is 17.8 Å². The molecule has 0 aliphatic carbocycles. The van der Waals surface area contributed by atoms with E-state index in [2.05, 4.69) is 26.5 Å². The van der Waals surface area contributed by atoms with Crippen LogP contribution in [0.1, 0.15) is 27.0 Å². The molecule has 0 saturated heterocycles. The van der Waals surface area contributed by atoms with Crippen molar-refractivity contribution in [2.24, 2.45) is 5.10 Å². The summed E-state index contributed by atoms with van der Waals surface area (Å²) in [7, 11) is 1.50. The second-order valence-corrected chi connectivity index (χ2v) is 7.84. The maximum absolute atomic E-state index is 13.8. The Morgan fingerprint density at radius 2 is 2.00 bits per heavy atom. The number of hydrogen-bond donors (Lipinski definition) is 1. The molecule has 31 heavy (non-hydrogen) atoms. The van der Waals surface area contributed by atoms with E-state index in [9.17, 15) is 9.18 Å². The van der Waals surface area contributed by atoms with Gasteiger partial charge in [-0.15, -0.1) is 0 Å². The van der Waals surface area contributed by atoms with Crippen molar-refractivity contribution in [2.45, 2.75) is 13.5 Å². The van der Waals surface area contributed by atoms with E-state index in [0.29, 0.717) is 37.7 Å². The Balaban J connectivity index is 1.70. The summed E-state index contributed by atoms with van der Waals surface area (Å²) in [4.78, 5) is 12.2. The van der Waals surface area contributed by atoms with Gasteiger partial charge >= 0.3 is 0 Å². The quantitative estimate of drug-likeness (QED) is 0.321. The van der Waals surface area contributed by atoms with Gasteiger partial charge in [0.15, 0.2) is 11.5 Å². The first kappa shape index (κ1) is 22.8. The van der Waals surface area contributed by atoms with Crippen LogP contribution in [-0.4, -0.2) is 19.2 Å². The number of carbonyl (C=O) groups excluding carboxylic acids is 1. The van der Waals surface area contributed by atoms with Gasteiger partial charge in [0.1, 0.15) is 12.4 Å². The molecule has 1 amide bonds. The molecular formula is C23H19BrClFN2O3. The predicted octanol–water partition coefficient (Wildman–Crippen LogP) is 5.90. The molecule has 3 aromatic rings. The van der Waals surface area contributed by atoms with Gasteiger partial charge in [-0.3, -0.25) is 4.79 Å². The minimum Gasteiger partial charge on any atom is -0.493 e. The third-order valence-electron chi connectivity index (χ3n) is 4.40. The third kappa shape index (κ3) is 5.83. The molecule has 8 heteroatoms. The summed E-state index contributed by atoms with van der Waals surface area (Å²) >= 11 is 9.50. The molecule has 1 N–H and O–H groups in total. The lowest BCUT2D eigenvalue weighted by Gasteiger charge is -2.14. The number of amides is 1. The highest BCUT2D eigenvalue weighted by Gasteiger charge is 2.13. The van der Waals surface area contributed by atoms with E-state index in [1.165, 1.54) is 19.4 Å². The standard InChI is InChI=1S/C23H19BrClFN2O3/c1-14-7-8-16(11-19(14)25)23(29)28-27-12-15-9-18(24)22(21(10-15)30-2)31-13-17-5-3-4-6-20(17)26/h3-12H,13H2,1-2H3,(H,28,29)/b27-12-. The fraction of sp³-hybridized carbons (Fsp3) is 0.130. The summed E-state index contributed by atoms with van der Waals surface area (Å²) in [6.07, 6.45) is 1.47. The maximum atomic E-state index is 13.8.